The van der Waals surface area contributed by atoms with Gasteiger partial charge >= 0.3 is 0 Å². The Morgan fingerprint density at radius 3 is 2.48 bits per heavy atom. The number of rotatable bonds is 5. The minimum Gasteiger partial charge on any atom is -0.370 e. The lowest BCUT2D eigenvalue weighted by atomic mass is 10.2. The third kappa shape index (κ3) is 5.66. The Hall–Kier alpha value is -2.16. The van der Waals surface area contributed by atoms with Gasteiger partial charge in [0.15, 0.2) is 0 Å². The molecule has 2 aromatic carbocycles. The molecule has 1 saturated heterocycles. The maximum absolute atomic E-state index is 12.6. The lowest BCUT2D eigenvalue weighted by Gasteiger charge is -2.23. The highest BCUT2D eigenvalue weighted by Gasteiger charge is 2.19. The Morgan fingerprint density at radius 2 is 1.78 bits per heavy atom. The number of nitriles is 1. The summed E-state index contributed by atoms with van der Waals surface area (Å²) in [4.78, 5) is 16.8. The van der Waals surface area contributed by atoms with E-state index in [4.69, 9.17) is 16.9 Å². The van der Waals surface area contributed by atoms with Crippen molar-refractivity contribution in [2.45, 2.75) is 12.2 Å². The van der Waals surface area contributed by atoms with Gasteiger partial charge in [0, 0.05) is 42.6 Å². The van der Waals surface area contributed by atoms with E-state index in [1.165, 1.54) is 5.56 Å². The number of carbonyl (C=O) groups is 1. The highest BCUT2D eigenvalue weighted by molar-refractivity contribution is 7.99. The molecule has 2 aromatic rings. The second-order valence-corrected chi connectivity index (χ2v) is 7.92. The minimum absolute atomic E-state index is 0.204. The highest BCUT2D eigenvalue weighted by atomic mass is 35.5. The fraction of sp³-hybridized carbons (Fsp3) is 0.333. The SMILES string of the molecule is N#Cc1ccc(N2CCCN(C(=O)CSCc3ccc(Cl)cc3)CC2)cc1. The van der Waals surface area contributed by atoms with Gasteiger partial charge in [-0.25, -0.2) is 0 Å². The molecule has 6 heteroatoms. The Morgan fingerprint density at radius 1 is 1.04 bits per heavy atom. The Bertz CT molecular complexity index is 802. The molecule has 1 amide bonds. The number of benzene rings is 2. The van der Waals surface area contributed by atoms with Crippen molar-refractivity contribution in [1.29, 1.82) is 5.26 Å². The second-order valence-electron chi connectivity index (χ2n) is 6.50. The van der Waals surface area contributed by atoms with E-state index in [1.807, 2.05) is 53.4 Å². The molecule has 0 radical (unpaired) electrons. The molecule has 0 atom stereocenters. The number of anilines is 1. The number of hydrogen-bond acceptors (Lipinski definition) is 4. The first-order chi connectivity index (χ1) is 13.2. The predicted molar refractivity (Wildman–Crippen MR) is 112 cm³/mol. The molecule has 1 aliphatic heterocycles. The molecule has 1 heterocycles. The number of carbonyl (C=O) groups excluding carboxylic acids is 1. The van der Waals surface area contributed by atoms with Gasteiger partial charge in [-0.05, 0) is 48.4 Å². The maximum Gasteiger partial charge on any atom is 0.232 e. The molecular weight excluding hydrogens is 378 g/mol. The number of halogens is 1. The first-order valence-electron chi connectivity index (χ1n) is 9.01. The van der Waals surface area contributed by atoms with Gasteiger partial charge < -0.3 is 9.80 Å². The summed E-state index contributed by atoms with van der Waals surface area (Å²) in [5.74, 6) is 1.52. The van der Waals surface area contributed by atoms with Crippen molar-refractivity contribution in [3.05, 3.63) is 64.7 Å². The molecule has 0 bridgehead atoms. The molecule has 0 N–H and O–H groups in total. The molecule has 0 aliphatic carbocycles. The van der Waals surface area contributed by atoms with Crippen molar-refractivity contribution in [1.82, 2.24) is 4.90 Å². The van der Waals surface area contributed by atoms with E-state index in [0.29, 0.717) is 11.3 Å². The molecule has 3 rings (SSSR count). The van der Waals surface area contributed by atoms with Crippen molar-refractivity contribution < 1.29 is 4.79 Å². The Labute approximate surface area is 169 Å². The van der Waals surface area contributed by atoms with Crippen LogP contribution in [0, 0.1) is 11.3 Å². The molecule has 4 nitrogen and oxygen atoms in total. The van der Waals surface area contributed by atoms with Gasteiger partial charge in [-0.2, -0.15) is 5.26 Å². The van der Waals surface area contributed by atoms with Crippen molar-refractivity contribution in [3.63, 3.8) is 0 Å². The lowest BCUT2D eigenvalue weighted by Crippen LogP contribution is -2.36. The van der Waals surface area contributed by atoms with E-state index in [1.54, 1.807) is 11.8 Å². The van der Waals surface area contributed by atoms with Crippen LogP contribution in [0.1, 0.15) is 17.5 Å². The molecule has 0 aromatic heterocycles. The predicted octanol–water partition coefficient (Wildman–Crippen LogP) is 4.18. The van der Waals surface area contributed by atoms with Crippen molar-refractivity contribution in [2.24, 2.45) is 0 Å². The molecule has 27 heavy (non-hydrogen) atoms. The standard InChI is InChI=1S/C21H22ClN3OS/c22-19-6-2-18(3-7-19)15-27-16-21(26)25-11-1-10-24(12-13-25)20-8-4-17(14-23)5-9-20/h2-9H,1,10-13,15-16H2. The smallest absolute Gasteiger partial charge is 0.232 e. The van der Waals surface area contributed by atoms with E-state index in [0.717, 1.165) is 49.1 Å². The van der Waals surface area contributed by atoms with Crippen LogP contribution in [-0.4, -0.2) is 42.7 Å². The summed E-state index contributed by atoms with van der Waals surface area (Å²) in [6.45, 7) is 3.28. The molecule has 0 saturated carbocycles. The first kappa shape index (κ1) is 19.6. The van der Waals surface area contributed by atoms with E-state index >= 15 is 0 Å². The van der Waals surface area contributed by atoms with E-state index in [9.17, 15) is 4.79 Å². The summed E-state index contributed by atoms with van der Waals surface area (Å²) < 4.78 is 0. The first-order valence-corrected chi connectivity index (χ1v) is 10.5. The lowest BCUT2D eigenvalue weighted by molar-refractivity contribution is -0.128. The van der Waals surface area contributed by atoms with Crippen LogP contribution in [0.25, 0.3) is 0 Å². The molecule has 140 valence electrons. The van der Waals surface area contributed by atoms with Crippen LogP contribution in [0.5, 0.6) is 0 Å². The molecule has 1 aliphatic rings. The normalized spacial score (nSPS) is 14.5. The molecule has 0 spiro atoms. The summed E-state index contributed by atoms with van der Waals surface area (Å²) in [5.41, 5.74) is 2.96. The highest BCUT2D eigenvalue weighted by Crippen LogP contribution is 2.19. The van der Waals surface area contributed by atoms with Crippen LogP contribution >= 0.6 is 23.4 Å². The van der Waals surface area contributed by atoms with Gasteiger partial charge in [0.2, 0.25) is 5.91 Å². The van der Waals surface area contributed by atoms with E-state index < -0.39 is 0 Å². The second kappa shape index (κ2) is 9.68. The number of thioether (sulfide) groups is 1. The van der Waals surface area contributed by atoms with Crippen LogP contribution in [0.15, 0.2) is 48.5 Å². The van der Waals surface area contributed by atoms with Gasteiger partial charge in [-0.15, -0.1) is 11.8 Å². The topological polar surface area (TPSA) is 47.3 Å². The van der Waals surface area contributed by atoms with Gasteiger partial charge in [0.05, 0.1) is 17.4 Å². The average Bonchev–Trinajstić information content (AvgIpc) is 2.96. The Kier molecular flexibility index (Phi) is 7.03. The maximum atomic E-state index is 12.6. The number of amides is 1. The third-order valence-electron chi connectivity index (χ3n) is 4.62. The summed E-state index contributed by atoms with van der Waals surface area (Å²) >= 11 is 7.54. The van der Waals surface area contributed by atoms with Gasteiger partial charge in [0.1, 0.15) is 0 Å². The fourth-order valence-corrected chi connectivity index (χ4v) is 4.11. The zero-order chi connectivity index (χ0) is 19.1. The fourth-order valence-electron chi connectivity index (χ4n) is 3.10. The summed E-state index contributed by atoms with van der Waals surface area (Å²) in [7, 11) is 0. The van der Waals surface area contributed by atoms with Crippen LogP contribution in [0.2, 0.25) is 5.02 Å². The van der Waals surface area contributed by atoms with Crippen LogP contribution < -0.4 is 4.90 Å². The van der Waals surface area contributed by atoms with Crippen LogP contribution in [0.3, 0.4) is 0 Å². The van der Waals surface area contributed by atoms with Crippen LogP contribution in [0.4, 0.5) is 5.69 Å². The van der Waals surface area contributed by atoms with E-state index in [2.05, 4.69) is 11.0 Å². The van der Waals surface area contributed by atoms with E-state index in [-0.39, 0.29) is 5.91 Å². The van der Waals surface area contributed by atoms with Gasteiger partial charge in [-0.1, -0.05) is 23.7 Å². The number of nitrogens with zero attached hydrogens (tertiary/aromatic N) is 3. The van der Waals surface area contributed by atoms with Gasteiger partial charge in [-0.3, -0.25) is 4.79 Å². The van der Waals surface area contributed by atoms with Crippen molar-refractivity contribution in [3.8, 4) is 6.07 Å². The largest absolute Gasteiger partial charge is 0.370 e. The summed E-state index contributed by atoms with van der Waals surface area (Å²) in [6, 6.07) is 17.6. The average molecular weight is 400 g/mol. The minimum atomic E-state index is 0.204. The van der Waals surface area contributed by atoms with Crippen molar-refractivity contribution >= 4 is 35.0 Å². The molecular formula is C21H22ClN3OS. The summed E-state index contributed by atoms with van der Waals surface area (Å²) in [6.07, 6.45) is 0.952. The summed E-state index contributed by atoms with van der Waals surface area (Å²) in [5, 5.41) is 9.65. The van der Waals surface area contributed by atoms with Crippen molar-refractivity contribution in [2.75, 3.05) is 36.8 Å². The zero-order valence-corrected chi connectivity index (χ0v) is 16.7. The number of hydrogen-bond donors (Lipinski definition) is 0. The Balaban J connectivity index is 1.47. The zero-order valence-electron chi connectivity index (χ0n) is 15.1. The molecule has 1 fully saturated rings. The molecule has 0 unspecified atom stereocenters. The van der Waals surface area contributed by atoms with Gasteiger partial charge in [0.25, 0.3) is 0 Å². The quantitative estimate of drug-likeness (QED) is 0.756. The van der Waals surface area contributed by atoms with Crippen LogP contribution in [-0.2, 0) is 10.5 Å². The third-order valence-corrected chi connectivity index (χ3v) is 5.86. The monoisotopic (exact) mass is 399 g/mol.